The molecule has 0 radical (unpaired) electrons. The topological polar surface area (TPSA) is 173 Å². The molecular formula is C19H18F2N2O10P2. The van der Waals surface area contributed by atoms with Gasteiger partial charge in [0, 0.05) is 43.9 Å². The van der Waals surface area contributed by atoms with Crippen LogP contribution in [0.25, 0.3) is 0 Å². The molecule has 2 unspecified atom stereocenters. The van der Waals surface area contributed by atoms with E-state index in [1.807, 2.05) is 0 Å². The molecule has 12 nitrogen and oxygen atoms in total. The lowest BCUT2D eigenvalue weighted by molar-refractivity contribution is -0.125. The number of aliphatic hydroxyl groups is 1. The van der Waals surface area contributed by atoms with E-state index in [9.17, 15) is 42.4 Å². The molecule has 188 valence electrons. The van der Waals surface area contributed by atoms with Crippen LogP contribution in [0.2, 0.25) is 0 Å². The summed E-state index contributed by atoms with van der Waals surface area (Å²) in [4.78, 5) is 48.8. The molecule has 2 aliphatic heterocycles. The number of hydrogen-bond acceptors (Lipinski definition) is 9. The van der Waals surface area contributed by atoms with Crippen LogP contribution in [0.4, 0.5) is 13.6 Å². The highest BCUT2D eigenvalue weighted by atomic mass is 31.2. The number of carbonyl (C=O) groups is 2. The third-order valence-corrected chi connectivity index (χ3v) is 9.93. The van der Waals surface area contributed by atoms with E-state index in [4.69, 9.17) is 13.8 Å². The molecule has 16 heteroatoms. The Labute approximate surface area is 196 Å². The molecule has 2 atom stereocenters. The van der Waals surface area contributed by atoms with E-state index in [1.54, 1.807) is 0 Å². The lowest BCUT2D eigenvalue weighted by Crippen LogP contribution is -2.38. The Morgan fingerprint density at radius 2 is 1.86 bits per heavy atom. The van der Waals surface area contributed by atoms with Crippen LogP contribution >= 0.6 is 15.2 Å². The number of halogens is 2. The van der Waals surface area contributed by atoms with Crippen LogP contribution in [-0.2, 0) is 29.4 Å². The molecule has 0 aliphatic carbocycles. The lowest BCUT2D eigenvalue weighted by atomic mass is 10.2. The second-order valence-electron chi connectivity index (χ2n) is 7.71. The quantitative estimate of drug-likeness (QED) is 0.493. The van der Waals surface area contributed by atoms with Gasteiger partial charge in [-0.2, -0.15) is 0 Å². The largest absolute Gasteiger partial charge is 0.421 e. The summed E-state index contributed by atoms with van der Waals surface area (Å²) in [5, 5.41) is 7.31. The molecule has 0 saturated carbocycles. The van der Waals surface area contributed by atoms with E-state index in [1.165, 1.54) is 18.3 Å². The minimum absolute atomic E-state index is 0.0733. The molecule has 3 heterocycles. The van der Waals surface area contributed by atoms with Gasteiger partial charge in [-0.25, -0.2) is 18.5 Å². The van der Waals surface area contributed by atoms with Crippen molar-refractivity contribution in [2.24, 2.45) is 0 Å². The van der Waals surface area contributed by atoms with Gasteiger partial charge in [0.2, 0.25) is 12.2 Å². The highest BCUT2D eigenvalue weighted by Crippen LogP contribution is 2.79. The predicted molar refractivity (Wildman–Crippen MR) is 111 cm³/mol. The number of pyridine rings is 1. The van der Waals surface area contributed by atoms with Gasteiger partial charge in [0.05, 0.1) is 5.56 Å². The summed E-state index contributed by atoms with van der Waals surface area (Å²) in [6, 6.07) is 3.72. The average Bonchev–Trinajstić information content (AvgIpc) is 3.18. The number of amides is 2. The van der Waals surface area contributed by atoms with Crippen LogP contribution in [0.5, 0.6) is 5.75 Å². The first-order valence-electron chi connectivity index (χ1n) is 9.99. The summed E-state index contributed by atoms with van der Waals surface area (Å²) >= 11 is 0. The predicted octanol–water partition coefficient (Wildman–Crippen LogP) is 2.79. The molecule has 2 aromatic rings. The Morgan fingerprint density at radius 3 is 2.37 bits per heavy atom. The molecule has 4 rings (SSSR count). The zero-order valence-electron chi connectivity index (χ0n) is 17.6. The maximum atomic E-state index is 14.8. The van der Waals surface area contributed by atoms with Crippen molar-refractivity contribution in [3.8, 4) is 5.75 Å². The smallest absolute Gasteiger partial charge is 0.410 e. The van der Waals surface area contributed by atoms with Gasteiger partial charge in [0.25, 0.3) is 5.08 Å². The molecular weight excluding hydrogens is 516 g/mol. The molecule has 1 aromatic heterocycles. The van der Waals surface area contributed by atoms with Crippen molar-refractivity contribution in [2.45, 2.75) is 30.6 Å². The van der Waals surface area contributed by atoms with Gasteiger partial charge in [-0.3, -0.25) is 28.0 Å². The summed E-state index contributed by atoms with van der Waals surface area (Å²) in [5.74, 6) is -4.23. The third-order valence-electron chi connectivity index (χ3n) is 5.33. The Bertz CT molecular complexity index is 1230. The van der Waals surface area contributed by atoms with Gasteiger partial charge < -0.3 is 19.6 Å². The summed E-state index contributed by atoms with van der Waals surface area (Å²) in [6.45, 7) is 0.0734. The number of carbonyl (C=O) groups excluding carboxylic acids is 2. The molecule has 35 heavy (non-hydrogen) atoms. The fourth-order valence-corrected chi connectivity index (χ4v) is 7.08. The van der Waals surface area contributed by atoms with E-state index in [2.05, 4.69) is 4.98 Å². The van der Waals surface area contributed by atoms with Crippen LogP contribution in [0.3, 0.4) is 0 Å². The highest BCUT2D eigenvalue weighted by Gasteiger charge is 2.67. The van der Waals surface area contributed by atoms with Crippen LogP contribution in [0.1, 0.15) is 30.3 Å². The zero-order valence-corrected chi connectivity index (χ0v) is 19.4. The molecule has 2 fully saturated rings. The number of aromatic nitrogens is 1. The number of imide groups is 1. The van der Waals surface area contributed by atoms with Crippen LogP contribution in [0, 0.1) is 11.6 Å². The maximum absolute atomic E-state index is 14.8. The van der Waals surface area contributed by atoms with Gasteiger partial charge >= 0.3 is 21.3 Å². The number of benzene rings is 1. The minimum atomic E-state index is -5.49. The van der Waals surface area contributed by atoms with Gasteiger partial charge in [0.15, 0.2) is 0 Å². The molecule has 2 amide bonds. The maximum Gasteiger partial charge on any atom is 0.421 e. The first-order chi connectivity index (χ1) is 16.3. The molecule has 2 aliphatic rings. The fraction of sp³-hybridized carbons (Fsp3) is 0.316. The molecule has 1 aromatic carbocycles. The molecule has 3 N–H and O–H groups in total. The molecule has 0 bridgehead atoms. The average molecular weight is 534 g/mol. The van der Waals surface area contributed by atoms with Crippen molar-refractivity contribution >= 4 is 27.2 Å². The Hall–Kier alpha value is -2.57. The summed E-state index contributed by atoms with van der Waals surface area (Å²) < 4.78 is 69.3. The van der Waals surface area contributed by atoms with Gasteiger partial charge in [-0.05, 0) is 18.1 Å². The number of ether oxygens (including phenoxy) is 1. The monoisotopic (exact) mass is 534 g/mol. The number of nitrogens with zero attached hydrogens (tertiary/aromatic N) is 2. The number of hydrogen-bond donors (Lipinski definition) is 3. The van der Waals surface area contributed by atoms with E-state index in [0.29, 0.717) is 18.6 Å². The van der Waals surface area contributed by atoms with Crippen molar-refractivity contribution < 1.29 is 56.2 Å². The summed E-state index contributed by atoms with van der Waals surface area (Å²) in [7, 11) is -11.0. The lowest BCUT2D eigenvalue weighted by Gasteiger charge is -2.41. The van der Waals surface area contributed by atoms with Crippen LogP contribution in [-0.4, -0.2) is 48.4 Å². The van der Waals surface area contributed by atoms with Crippen molar-refractivity contribution in [3.63, 3.8) is 0 Å². The van der Waals surface area contributed by atoms with E-state index >= 15 is 0 Å². The van der Waals surface area contributed by atoms with Gasteiger partial charge in [0.1, 0.15) is 17.4 Å². The van der Waals surface area contributed by atoms with E-state index in [-0.39, 0.29) is 18.5 Å². The SMILES string of the molecule is O=C1CCCN1C(=O)Oc1cc(F)c(C2OP(=O)(O)C(O)(Cc3cccnc3)P(=O)(O)O2)c(F)c1. The minimum Gasteiger partial charge on any atom is -0.410 e. The zero-order chi connectivity index (χ0) is 25.6. The molecule has 2 saturated heterocycles. The van der Waals surface area contributed by atoms with Gasteiger partial charge in [-0.1, -0.05) is 6.07 Å². The third kappa shape index (κ3) is 4.66. The second-order valence-corrected chi connectivity index (χ2v) is 12.0. The first kappa shape index (κ1) is 25.5. The highest BCUT2D eigenvalue weighted by molar-refractivity contribution is 7.73. The summed E-state index contributed by atoms with van der Waals surface area (Å²) in [6.07, 6.45) is -1.55. The van der Waals surface area contributed by atoms with Gasteiger partial charge in [-0.15, -0.1) is 0 Å². The standard InChI is InChI=1S/C19H18F2N2O10P2/c20-13-7-12(31-18(25)23-6-2-4-15(23)24)8-14(21)16(13)17-32-34(27,28)19(26,35(29,30)33-17)9-11-3-1-5-22-10-11/h1,3,5,7-8,10,17,26H,2,4,6,9H2,(H,27,28)(H,29,30). The number of likely N-dealkylation sites (tertiary alicyclic amines) is 1. The first-order valence-corrected chi connectivity index (χ1v) is 13.1. The second kappa shape index (κ2) is 9.14. The van der Waals surface area contributed by atoms with Crippen LogP contribution < -0.4 is 4.74 Å². The van der Waals surface area contributed by atoms with E-state index in [0.717, 1.165) is 11.1 Å². The number of rotatable bonds is 4. The van der Waals surface area contributed by atoms with E-state index < -0.39 is 67.9 Å². The Kier molecular flexibility index (Phi) is 6.66. The van der Waals surface area contributed by atoms with Crippen LogP contribution in [0.15, 0.2) is 36.7 Å². The molecule has 0 spiro atoms. The fourth-order valence-electron chi connectivity index (χ4n) is 3.53. The van der Waals surface area contributed by atoms with Crippen molar-refractivity contribution in [1.29, 1.82) is 0 Å². The normalized spacial score (nSPS) is 30.9. The summed E-state index contributed by atoms with van der Waals surface area (Å²) in [5.41, 5.74) is -1.11. The van der Waals surface area contributed by atoms with Crippen molar-refractivity contribution in [3.05, 3.63) is 59.4 Å². The Morgan fingerprint density at radius 1 is 1.23 bits per heavy atom. The van der Waals surface area contributed by atoms with Crippen molar-refractivity contribution in [2.75, 3.05) is 6.54 Å². The Balaban J connectivity index is 1.60. The van der Waals surface area contributed by atoms with Crippen molar-refractivity contribution in [1.82, 2.24) is 9.88 Å².